The van der Waals surface area contributed by atoms with E-state index in [0.29, 0.717) is 36.0 Å². The average molecular weight is 257 g/mol. The van der Waals surface area contributed by atoms with Gasteiger partial charge in [-0.25, -0.2) is 0 Å². The Labute approximate surface area is 106 Å². The van der Waals surface area contributed by atoms with E-state index < -0.39 is 0 Å². The van der Waals surface area contributed by atoms with Gasteiger partial charge in [0.05, 0.1) is 17.2 Å². The monoisotopic (exact) mass is 256 g/mol. The van der Waals surface area contributed by atoms with E-state index in [4.69, 9.17) is 22.1 Å². The largest absolute Gasteiger partial charge is 0.399 e. The van der Waals surface area contributed by atoms with Crippen molar-refractivity contribution >= 4 is 23.2 Å². The van der Waals surface area contributed by atoms with Crippen molar-refractivity contribution in [3.05, 3.63) is 28.8 Å². The highest BCUT2D eigenvalue weighted by molar-refractivity contribution is 6.34. The Kier molecular flexibility index (Phi) is 5.25. The summed E-state index contributed by atoms with van der Waals surface area (Å²) in [5.41, 5.74) is 6.61. The smallest absolute Gasteiger partial charge is 0.255 e. The normalized spacial score (nSPS) is 10.3. The van der Waals surface area contributed by atoms with Crippen LogP contribution in [0.25, 0.3) is 0 Å². The van der Waals surface area contributed by atoms with E-state index in [1.807, 2.05) is 6.92 Å². The molecule has 0 aliphatic heterocycles. The first-order valence-corrected chi connectivity index (χ1v) is 5.81. The second-order valence-corrected chi connectivity index (χ2v) is 4.02. The Bertz CT molecular complexity index is 396. The molecule has 0 spiro atoms. The van der Waals surface area contributed by atoms with Gasteiger partial charge in [0.15, 0.2) is 0 Å². The third kappa shape index (κ3) is 3.61. The van der Waals surface area contributed by atoms with E-state index in [1.54, 1.807) is 30.2 Å². The summed E-state index contributed by atoms with van der Waals surface area (Å²) in [6, 6.07) is 4.90. The minimum absolute atomic E-state index is 0.102. The molecule has 0 saturated carbocycles. The van der Waals surface area contributed by atoms with Crippen molar-refractivity contribution in [3.63, 3.8) is 0 Å². The number of carbonyl (C=O) groups excluding carboxylic acids is 1. The second kappa shape index (κ2) is 6.47. The van der Waals surface area contributed by atoms with Crippen molar-refractivity contribution in [2.24, 2.45) is 0 Å². The third-order valence-corrected chi connectivity index (χ3v) is 2.77. The second-order valence-electron chi connectivity index (χ2n) is 3.62. The molecule has 17 heavy (non-hydrogen) atoms. The van der Waals surface area contributed by atoms with Gasteiger partial charge in [-0.1, -0.05) is 11.6 Å². The predicted molar refractivity (Wildman–Crippen MR) is 69.3 cm³/mol. The van der Waals surface area contributed by atoms with E-state index in [9.17, 15) is 4.79 Å². The van der Waals surface area contributed by atoms with Crippen LogP contribution in [-0.4, -0.2) is 37.6 Å². The van der Waals surface area contributed by atoms with Gasteiger partial charge < -0.3 is 15.4 Å². The number of nitrogens with zero attached hydrogens (tertiary/aromatic N) is 1. The molecule has 1 rings (SSSR count). The van der Waals surface area contributed by atoms with Crippen LogP contribution in [0, 0.1) is 0 Å². The molecule has 0 aromatic heterocycles. The van der Waals surface area contributed by atoms with Crippen molar-refractivity contribution in [2.45, 2.75) is 6.92 Å². The van der Waals surface area contributed by atoms with Gasteiger partial charge in [0.2, 0.25) is 0 Å². The average Bonchev–Trinajstić information content (AvgIpc) is 2.29. The molecular weight excluding hydrogens is 240 g/mol. The molecule has 0 aliphatic carbocycles. The molecule has 0 atom stereocenters. The van der Waals surface area contributed by atoms with E-state index in [2.05, 4.69) is 0 Å². The lowest BCUT2D eigenvalue weighted by molar-refractivity contribution is 0.0706. The number of anilines is 1. The number of hydrogen-bond acceptors (Lipinski definition) is 3. The quantitative estimate of drug-likeness (QED) is 0.820. The fraction of sp³-hybridized carbons (Fsp3) is 0.417. The van der Waals surface area contributed by atoms with Gasteiger partial charge in [0, 0.05) is 25.9 Å². The number of hydrogen-bond donors (Lipinski definition) is 1. The predicted octanol–water partition coefficient (Wildman–Crippen LogP) is 2.03. The van der Waals surface area contributed by atoms with Gasteiger partial charge in [-0.3, -0.25) is 4.79 Å². The Morgan fingerprint density at radius 3 is 2.76 bits per heavy atom. The summed E-state index contributed by atoms with van der Waals surface area (Å²) in [5.74, 6) is -0.102. The zero-order valence-electron chi connectivity index (χ0n) is 10.1. The third-order valence-electron chi connectivity index (χ3n) is 2.46. The highest BCUT2D eigenvalue weighted by atomic mass is 35.5. The molecule has 0 fully saturated rings. The summed E-state index contributed by atoms with van der Waals surface area (Å²) in [5, 5.41) is 0.380. The zero-order chi connectivity index (χ0) is 12.8. The maximum Gasteiger partial charge on any atom is 0.255 e. The summed E-state index contributed by atoms with van der Waals surface area (Å²) in [4.78, 5) is 13.8. The molecule has 0 radical (unpaired) electrons. The molecule has 0 bridgehead atoms. The van der Waals surface area contributed by atoms with Crippen LogP contribution in [0.4, 0.5) is 5.69 Å². The van der Waals surface area contributed by atoms with Crippen molar-refractivity contribution in [1.82, 2.24) is 4.90 Å². The highest BCUT2D eigenvalue weighted by Gasteiger charge is 2.16. The molecule has 0 aliphatic rings. The Balaban J connectivity index is 2.86. The molecule has 4 nitrogen and oxygen atoms in total. The standard InChI is InChI=1S/C12H17ClN2O2/c1-3-15(6-7-17-2)12(16)10-5-4-9(14)8-11(10)13/h4-5,8H,3,6-7,14H2,1-2H3. The van der Waals surface area contributed by atoms with Crippen LogP contribution < -0.4 is 5.73 Å². The fourth-order valence-electron chi connectivity index (χ4n) is 1.48. The molecule has 94 valence electrons. The summed E-state index contributed by atoms with van der Waals surface area (Å²) >= 11 is 6.00. The summed E-state index contributed by atoms with van der Waals surface area (Å²) < 4.78 is 4.96. The number of nitrogen functional groups attached to an aromatic ring is 1. The van der Waals surface area contributed by atoms with Crippen molar-refractivity contribution in [2.75, 3.05) is 32.5 Å². The van der Waals surface area contributed by atoms with Gasteiger partial charge in [-0.2, -0.15) is 0 Å². The topological polar surface area (TPSA) is 55.6 Å². The zero-order valence-corrected chi connectivity index (χ0v) is 10.8. The number of carbonyl (C=O) groups is 1. The van der Waals surface area contributed by atoms with Crippen LogP contribution >= 0.6 is 11.6 Å². The van der Waals surface area contributed by atoms with Gasteiger partial charge in [-0.15, -0.1) is 0 Å². The lowest BCUT2D eigenvalue weighted by Gasteiger charge is -2.21. The van der Waals surface area contributed by atoms with Crippen LogP contribution in [0.3, 0.4) is 0 Å². The van der Waals surface area contributed by atoms with Crippen LogP contribution in [-0.2, 0) is 4.74 Å². The Morgan fingerprint density at radius 1 is 1.53 bits per heavy atom. The van der Waals surface area contributed by atoms with Crippen LogP contribution in [0.15, 0.2) is 18.2 Å². The Hall–Kier alpha value is -1.26. The van der Waals surface area contributed by atoms with Gasteiger partial charge in [-0.05, 0) is 25.1 Å². The van der Waals surface area contributed by atoms with Crippen molar-refractivity contribution in [1.29, 1.82) is 0 Å². The van der Waals surface area contributed by atoms with Crippen LogP contribution in [0.1, 0.15) is 17.3 Å². The van der Waals surface area contributed by atoms with Gasteiger partial charge >= 0.3 is 0 Å². The minimum Gasteiger partial charge on any atom is -0.399 e. The molecular formula is C12H17ClN2O2. The number of amides is 1. The molecule has 1 aromatic rings. The van der Waals surface area contributed by atoms with E-state index >= 15 is 0 Å². The molecule has 1 aromatic carbocycles. The molecule has 5 heteroatoms. The summed E-state index contributed by atoms with van der Waals surface area (Å²) in [6.45, 7) is 3.58. The summed E-state index contributed by atoms with van der Waals surface area (Å²) in [6.07, 6.45) is 0. The SMILES string of the molecule is CCN(CCOC)C(=O)c1ccc(N)cc1Cl. The number of nitrogens with two attached hydrogens (primary N) is 1. The van der Waals surface area contributed by atoms with Gasteiger partial charge in [0.25, 0.3) is 5.91 Å². The first kappa shape index (κ1) is 13.8. The maximum absolute atomic E-state index is 12.2. The summed E-state index contributed by atoms with van der Waals surface area (Å²) in [7, 11) is 1.61. The van der Waals surface area contributed by atoms with E-state index in [-0.39, 0.29) is 5.91 Å². The number of benzene rings is 1. The lowest BCUT2D eigenvalue weighted by Crippen LogP contribution is -2.33. The van der Waals surface area contributed by atoms with Crippen molar-refractivity contribution in [3.8, 4) is 0 Å². The Morgan fingerprint density at radius 2 is 2.24 bits per heavy atom. The minimum atomic E-state index is -0.102. The molecule has 2 N–H and O–H groups in total. The molecule has 0 unspecified atom stereocenters. The maximum atomic E-state index is 12.2. The first-order valence-electron chi connectivity index (χ1n) is 5.43. The number of rotatable bonds is 5. The number of likely N-dealkylation sites (N-methyl/N-ethyl adjacent to an activating group) is 1. The van der Waals surface area contributed by atoms with Gasteiger partial charge in [0.1, 0.15) is 0 Å². The van der Waals surface area contributed by atoms with E-state index in [1.165, 1.54) is 0 Å². The first-order chi connectivity index (χ1) is 8.10. The van der Waals surface area contributed by atoms with Crippen LogP contribution in [0.5, 0.6) is 0 Å². The van der Waals surface area contributed by atoms with Crippen molar-refractivity contribution < 1.29 is 9.53 Å². The highest BCUT2D eigenvalue weighted by Crippen LogP contribution is 2.20. The lowest BCUT2D eigenvalue weighted by atomic mass is 10.2. The fourth-order valence-corrected chi connectivity index (χ4v) is 1.75. The molecule has 0 heterocycles. The molecule has 0 saturated heterocycles. The number of halogens is 1. The van der Waals surface area contributed by atoms with E-state index in [0.717, 1.165) is 0 Å². The molecule has 1 amide bonds. The number of methoxy groups -OCH3 is 1. The van der Waals surface area contributed by atoms with Crippen LogP contribution in [0.2, 0.25) is 5.02 Å². The number of ether oxygens (including phenoxy) is 1.